The average molecular weight is 406 g/mol. The minimum atomic E-state index is -0.0130. The lowest BCUT2D eigenvalue weighted by molar-refractivity contribution is -0.122. The molecule has 0 saturated heterocycles. The average Bonchev–Trinajstić information content (AvgIpc) is 2.90. The Labute approximate surface area is 172 Å². The summed E-state index contributed by atoms with van der Waals surface area (Å²) < 4.78 is 9.73. The monoisotopic (exact) mass is 405 g/mol. The van der Waals surface area contributed by atoms with Crippen molar-refractivity contribution in [3.8, 4) is 17.1 Å². The molecule has 7 nitrogen and oxygen atoms in total. The van der Waals surface area contributed by atoms with Crippen LogP contribution in [0.3, 0.4) is 0 Å². The van der Waals surface area contributed by atoms with Gasteiger partial charge < -0.3 is 10.1 Å². The summed E-state index contributed by atoms with van der Waals surface area (Å²) in [4.78, 5) is 13.9. The zero-order valence-corrected chi connectivity index (χ0v) is 18.4. The smallest absolute Gasteiger partial charge is 0.234 e. The lowest BCUT2D eigenvalue weighted by Gasteiger charge is -2.17. The van der Waals surface area contributed by atoms with Crippen molar-refractivity contribution in [3.05, 3.63) is 29.0 Å². The van der Waals surface area contributed by atoms with Crippen LogP contribution in [0, 0.1) is 10.7 Å². The number of nitrogens with zero attached hydrogens (tertiary/aromatic N) is 4. The zero-order valence-electron chi connectivity index (χ0n) is 17.6. The Kier molecular flexibility index (Phi) is 7.77. The maximum Gasteiger partial charge on any atom is 0.234 e. The van der Waals surface area contributed by atoms with E-state index in [1.165, 1.54) is 0 Å². The second kappa shape index (κ2) is 9.84. The van der Waals surface area contributed by atoms with Crippen molar-refractivity contribution in [3.63, 3.8) is 0 Å². The highest BCUT2D eigenvalue weighted by atomic mass is 32.1. The predicted molar refractivity (Wildman–Crippen MR) is 114 cm³/mol. The van der Waals surface area contributed by atoms with E-state index in [4.69, 9.17) is 22.1 Å². The van der Waals surface area contributed by atoms with Gasteiger partial charge in [-0.25, -0.2) is 4.68 Å². The summed E-state index contributed by atoms with van der Waals surface area (Å²) in [5.41, 5.74) is 0.978. The van der Waals surface area contributed by atoms with Gasteiger partial charge in [-0.05, 0) is 63.3 Å². The standard InChI is InChI=1S/C20H31N5O2S/c1-14(2)11-24-19(16-7-9-17(27-6)10-8-16)22-25(20(24)28)13-23(5)12-18(26)21-15(3)4/h7-10,14-15H,11-13H2,1-6H3,(H,21,26). The highest BCUT2D eigenvalue weighted by molar-refractivity contribution is 7.71. The minimum absolute atomic E-state index is 0.0130. The summed E-state index contributed by atoms with van der Waals surface area (Å²) in [6.07, 6.45) is 0. The summed E-state index contributed by atoms with van der Waals surface area (Å²) in [5.74, 6) is 2.03. The molecule has 1 heterocycles. The van der Waals surface area contributed by atoms with E-state index in [2.05, 4.69) is 23.7 Å². The van der Waals surface area contributed by atoms with Crippen LogP contribution in [0.25, 0.3) is 11.4 Å². The van der Waals surface area contributed by atoms with Crippen LogP contribution in [0.5, 0.6) is 5.75 Å². The van der Waals surface area contributed by atoms with E-state index >= 15 is 0 Å². The molecule has 0 aliphatic carbocycles. The van der Waals surface area contributed by atoms with Gasteiger partial charge in [-0.1, -0.05) is 13.8 Å². The molecule has 0 bridgehead atoms. The molecular weight excluding hydrogens is 374 g/mol. The number of amides is 1. The van der Waals surface area contributed by atoms with Crippen molar-refractivity contribution in [1.29, 1.82) is 0 Å². The van der Waals surface area contributed by atoms with Crippen molar-refractivity contribution in [2.75, 3.05) is 20.7 Å². The Bertz CT molecular complexity index is 839. The van der Waals surface area contributed by atoms with Crippen LogP contribution in [0.15, 0.2) is 24.3 Å². The predicted octanol–water partition coefficient (Wildman–Crippen LogP) is 3.16. The summed E-state index contributed by atoms with van der Waals surface area (Å²) in [6, 6.07) is 7.92. The van der Waals surface area contributed by atoms with Gasteiger partial charge in [0.1, 0.15) is 5.75 Å². The van der Waals surface area contributed by atoms with Gasteiger partial charge in [0.15, 0.2) is 10.6 Å². The Balaban J connectivity index is 2.28. The molecule has 28 heavy (non-hydrogen) atoms. The fourth-order valence-electron chi connectivity index (χ4n) is 2.91. The molecule has 1 aromatic carbocycles. The number of nitrogens with one attached hydrogen (secondary N) is 1. The van der Waals surface area contributed by atoms with Crippen LogP contribution in [0.1, 0.15) is 27.7 Å². The number of hydrogen-bond donors (Lipinski definition) is 1. The molecule has 1 amide bonds. The van der Waals surface area contributed by atoms with E-state index in [-0.39, 0.29) is 18.5 Å². The summed E-state index contributed by atoms with van der Waals surface area (Å²) in [5, 5.41) is 7.66. The number of methoxy groups -OCH3 is 1. The lowest BCUT2D eigenvalue weighted by Crippen LogP contribution is -2.39. The number of hydrogen-bond acceptors (Lipinski definition) is 5. The van der Waals surface area contributed by atoms with Gasteiger partial charge in [-0.3, -0.25) is 14.3 Å². The van der Waals surface area contributed by atoms with Crippen LogP contribution in [-0.2, 0) is 18.0 Å². The first kappa shape index (κ1) is 22.1. The first-order chi connectivity index (χ1) is 13.2. The third-order valence-electron chi connectivity index (χ3n) is 4.06. The van der Waals surface area contributed by atoms with E-state index in [9.17, 15) is 4.79 Å². The Hall–Kier alpha value is -2.19. The second-order valence-electron chi connectivity index (χ2n) is 7.72. The van der Waals surface area contributed by atoms with Gasteiger partial charge in [0.05, 0.1) is 20.3 Å². The van der Waals surface area contributed by atoms with Crippen molar-refractivity contribution < 1.29 is 9.53 Å². The topological polar surface area (TPSA) is 64.3 Å². The lowest BCUT2D eigenvalue weighted by atomic mass is 10.2. The second-order valence-corrected chi connectivity index (χ2v) is 8.08. The fourth-order valence-corrected chi connectivity index (χ4v) is 3.17. The number of likely N-dealkylation sites (N-methyl/N-ethyl adjacent to an activating group) is 1. The van der Waals surface area contributed by atoms with Crippen molar-refractivity contribution in [2.45, 2.75) is 47.0 Å². The number of aromatic nitrogens is 3. The molecule has 0 spiro atoms. The highest BCUT2D eigenvalue weighted by Gasteiger charge is 2.16. The largest absolute Gasteiger partial charge is 0.497 e. The van der Waals surface area contributed by atoms with Crippen molar-refractivity contribution >= 4 is 18.1 Å². The van der Waals surface area contributed by atoms with Crippen LogP contribution in [0.2, 0.25) is 0 Å². The van der Waals surface area contributed by atoms with E-state index in [0.29, 0.717) is 17.4 Å². The minimum Gasteiger partial charge on any atom is -0.497 e. The third-order valence-corrected chi connectivity index (χ3v) is 4.49. The maximum absolute atomic E-state index is 12.0. The highest BCUT2D eigenvalue weighted by Crippen LogP contribution is 2.22. The molecule has 0 atom stereocenters. The first-order valence-electron chi connectivity index (χ1n) is 9.51. The SMILES string of the molecule is COc1ccc(-c2nn(CN(C)CC(=O)NC(C)C)c(=S)n2CC(C)C)cc1. The van der Waals surface area contributed by atoms with Gasteiger partial charge in [0, 0.05) is 18.2 Å². The van der Waals surface area contributed by atoms with Crippen LogP contribution in [0.4, 0.5) is 0 Å². The summed E-state index contributed by atoms with van der Waals surface area (Å²) >= 11 is 5.69. The molecule has 0 saturated carbocycles. The molecule has 0 radical (unpaired) electrons. The molecule has 8 heteroatoms. The number of benzene rings is 1. The molecule has 1 N–H and O–H groups in total. The number of carbonyl (C=O) groups excluding carboxylic acids is 1. The van der Waals surface area contributed by atoms with Gasteiger partial charge >= 0.3 is 0 Å². The Morgan fingerprint density at radius 3 is 2.43 bits per heavy atom. The first-order valence-corrected chi connectivity index (χ1v) is 9.92. The van der Waals surface area contributed by atoms with Gasteiger partial charge in [-0.2, -0.15) is 5.10 Å². The van der Waals surface area contributed by atoms with Crippen molar-refractivity contribution in [1.82, 2.24) is 24.6 Å². The number of ether oxygens (including phenoxy) is 1. The molecule has 0 aliphatic rings. The molecule has 0 fully saturated rings. The van der Waals surface area contributed by atoms with E-state index in [0.717, 1.165) is 23.7 Å². The Morgan fingerprint density at radius 1 is 1.25 bits per heavy atom. The Morgan fingerprint density at radius 2 is 1.89 bits per heavy atom. The summed E-state index contributed by atoms with van der Waals surface area (Å²) in [7, 11) is 3.53. The molecule has 2 aromatic rings. The molecule has 1 aromatic heterocycles. The van der Waals surface area contributed by atoms with Gasteiger partial charge in [0.25, 0.3) is 0 Å². The molecule has 2 rings (SSSR count). The third kappa shape index (κ3) is 5.90. The van der Waals surface area contributed by atoms with Crippen LogP contribution < -0.4 is 10.1 Å². The van der Waals surface area contributed by atoms with Gasteiger partial charge in [-0.15, -0.1) is 0 Å². The quantitative estimate of drug-likeness (QED) is 0.649. The molecule has 154 valence electrons. The molecule has 0 unspecified atom stereocenters. The normalized spacial score (nSPS) is 11.5. The van der Waals surface area contributed by atoms with Crippen LogP contribution in [-0.4, -0.2) is 51.9 Å². The summed E-state index contributed by atoms with van der Waals surface area (Å²) in [6.45, 7) is 9.70. The number of rotatable bonds is 9. The van der Waals surface area contributed by atoms with Crippen LogP contribution >= 0.6 is 12.2 Å². The fraction of sp³-hybridized carbons (Fsp3) is 0.550. The van der Waals surface area contributed by atoms with Gasteiger partial charge in [0.2, 0.25) is 5.91 Å². The van der Waals surface area contributed by atoms with E-state index in [1.807, 2.05) is 50.1 Å². The van der Waals surface area contributed by atoms with Crippen molar-refractivity contribution in [2.24, 2.45) is 5.92 Å². The molecule has 0 aliphatic heterocycles. The zero-order chi connectivity index (χ0) is 20.8. The van der Waals surface area contributed by atoms with E-state index < -0.39 is 0 Å². The number of carbonyl (C=O) groups is 1. The molecular formula is C20H31N5O2S. The van der Waals surface area contributed by atoms with E-state index in [1.54, 1.807) is 11.8 Å². The maximum atomic E-state index is 12.0.